The number of ether oxygens (including phenoxy) is 1. The van der Waals surface area contributed by atoms with Crippen LogP contribution in [0.5, 0.6) is 0 Å². The molecule has 0 spiro atoms. The van der Waals surface area contributed by atoms with Gasteiger partial charge in [0.05, 0.1) is 10.6 Å². The molecule has 1 heterocycles. The SMILES string of the molecule is O=C(COC(=O)/C=C/c1ccc(S(=O)(=O)N2CCc3ccccc32)cc1)NCC(F)(F)F. The molecule has 1 aliphatic rings. The van der Waals surface area contributed by atoms with E-state index in [1.54, 1.807) is 17.4 Å². The molecule has 1 aliphatic heterocycles. The number of alkyl halides is 3. The summed E-state index contributed by atoms with van der Waals surface area (Å²) in [5, 5.41) is 1.58. The average molecular weight is 468 g/mol. The van der Waals surface area contributed by atoms with Gasteiger partial charge in [0.2, 0.25) is 0 Å². The molecule has 2 aromatic carbocycles. The highest BCUT2D eigenvalue weighted by atomic mass is 32.2. The van der Waals surface area contributed by atoms with Crippen LogP contribution in [-0.2, 0) is 30.8 Å². The highest BCUT2D eigenvalue weighted by Gasteiger charge is 2.30. The van der Waals surface area contributed by atoms with Crippen molar-refractivity contribution in [2.75, 3.05) is 24.0 Å². The fourth-order valence-electron chi connectivity index (χ4n) is 3.03. The zero-order chi connectivity index (χ0) is 23.4. The number of nitrogens with zero attached hydrogens (tertiary/aromatic N) is 1. The number of rotatable bonds is 7. The molecule has 2 aromatic rings. The van der Waals surface area contributed by atoms with E-state index in [0.717, 1.165) is 11.6 Å². The van der Waals surface area contributed by atoms with Crippen LogP contribution in [0.3, 0.4) is 0 Å². The number of amides is 1. The summed E-state index contributed by atoms with van der Waals surface area (Å²) in [6.45, 7) is -2.02. The van der Waals surface area contributed by atoms with Crippen LogP contribution in [-0.4, -0.2) is 46.2 Å². The Hall–Kier alpha value is -3.34. The van der Waals surface area contributed by atoms with Crippen LogP contribution in [0, 0.1) is 0 Å². The van der Waals surface area contributed by atoms with Gasteiger partial charge in [-0.15, -0.1) is 0 Å². The number of benzene rings is 2. The summed E-state index contributed by atoms with van der Waals surface area (Å²) >= 11 is 0. The number of hydrogen-bond donors (Lipinski definition) is 1. The summed E-state index contributed by atoms with van der Waals surface area (Å²) < 4.78 is 67.9. The number of sulfonamides is 1. The summed E-state index contributed by atoms with van der Waals surface area (Å²) in [6, 6.07) is 13.1. The average Bonchev–Trinajstić information content (AvgIpc) is 3.19. The molecule has 0 aromatic heterocycles. The van der Waals surface area contributed by atoms with Crippen molar-refractivity contribution in [3.8, 4) is 0 Å². The Morgan fingerprint density at radius 3 is 2.47 bits per heavy atom. The number of para-hydroxylation sites is 1. The smallest absolute Gasteiger partial charge is 0.405 e. The van der Waals surface area contributed by atoms with Crippen LogP contribution < -0.4 is 9.62 Å². The molecule has 1 N–H and O–H groups in total. The van der Waals surface area contributed by atoms with Gasteiger partial charge in [-0.2, -0.15) is 13.2 Å². The Kier molecular flexibility index (Phi) is 6.87. The highest BCUT2D eigenvalue weighted by molar-refractivity contribution is 7.92. The molecule has 0 saturated carbocycles. The van der Waals surface area contributed by atoms with E-state index in [1.165, 1.54) is 34.6 Å². The molecule has 0 atom stereocenters. The molecule has 0 aliphatic carbocycles. The summed E-state index contributed by atoms with van der Waals surface area (Å²) in [7, 11) is -3.74. The number of fused-ring (bicyclic) bond motifs is 1. The zero-order valence-electron chi connectivity index (χ0n) is 16.6. The Bertz CT molecular complexity index is 1130. The van der Waals surface area contributed by atoms with Crippen LogP contribution in [0.15, 0.2) is 59.5 Å². The van der Waals surface area contributed by atoms with Crippen molar-refractivity contribution >= 4 is 33.7 Å². The Morgan fingerprint density at radius 1 is 1.09 bits per heavy atom. The van der Waals surface area contributed by atoms with Crippen molar-refractivity contribution in [3.05, 3.63) is 65.7 Å². The van der Waals surface area contributed by atoms with Gasteiger partial charge < -0.3 is 10.1 Å². The van der Waals surface area contributed by atoms with Crippen molar-refractivity contribution in [2.45, 2.75) is 17.5 Å². The fourth-order valence-corrected chi connectivity index (χ4v) is 4.54. The topological polar surface area (TPSA) is 92.8 Å². The maximum atomic E-state index is 13.0. The third kappa shape index (κ3) is 5.88. The second-order valence-corrected chi connectivity index (χ2v) is 8.72. The van der Waals surface area contributed by atoms with Crippen LogP contribution in [0.4, 0.5) is 18.9 Å². The minimum Gasteiger partial charge on any atom is -0.452 e. The standard InChI is InChI=1S/C21H19F3N2O5S/c22-21(23,24)14-25-19(27)13-31-20(28)10-7-15-5-8-17(9-6-15)32(29,30)26-12-11-16-3-1-2-4-18(16)26/h1-10H,11-14H2,(H,25,27)/b10-7+. The van der Waals surface area contributed by atoms with Gasteiger partial charge in [-0.05, 0) is 41.8 Å². The molecule has 32 heavy (non-hydrogen) atoms. The number of nitrogens with one attached hydrogen (secondary N) is 1. The summed E-state index contributed by atoms with van der Waals surface area (Å²) in [5.41, 5.74) is 2.10. The third-order valence-corrected chi connectivity index (χ3v) is 6.38. The first-order chi connectivity index (χ1) is 15.1. The maximum Gasteiger partial charge on any atom is 0.405 e. The highest BCUT2D eigenvalue weighted by Crippen LogP contribution is 2.32. The molecule has 3 rings (SSSR count). The van der Waals surface area contributed by atoms with E-state index < -0.39 is 41.2 Å². The third-order valence-electron chi connectivity index (χ3n) is 4.56. The van der Waals surface area contributed by atoms with Crippen molar-refractivity contribution in [1.82, 2.24) is 5.32 Å². The molecule has 0 fully saturated rings. The van der Waals surface area contributed by atoms with Gasteiger partial charge in [-0.25, -0.2) is 13.2 Å². The van der Waals surface area contributed by atoms with E-state index in [-0.39, 0.29) is 4.90 Å². The predicted molar refractivity (Wildman–Crippen MR) is 110 cm³/mol. The van der Waals surface area contributed by atoms with Crippen molar-refractivity contribution in [3.63, 3.8) is 0 Å². The van der Waals surface area contributed by atoms with Crippen LogP contribution in [0.25, 0.3) is 6.08 Å². The summed E-state index contributed by atoms with van der Waals surface area (Å²) in [6.07, 6.45) is -1.61. The number of esters is 1. The molecule has 0 bridgehead atoms. The second kappa shape index (κ2) is 9.43. The number of halogens is 3. The molecule has 11 heteroatoms. The first-order valence-electron chi connectivity index (χ1n) is 9.45. The molecular weight excluding hydrogens is 449 g/mol. The lowest BCUT2D eigenvalue weighted by Gasteiger charge is -2.19. The number of hydrogen-bond acceptors (Lipinski definition) is 5. The van der Waals surface area contributed by atoms with Gasteiger partial charge >= 0.3 is 12.1 Å². The van der Waals surface area contributed by atoms with E-state index in [4.69, 9.17) is 0 Å². The van der Waals surface area contributed by atoms with Gasteiger partial charge in [-0.3, -0.25) is 9.10 Å². The van der Waals surface area contributed by atoms with E-state index >= 15 is 0 Å². The quantitative estimate of drug-likeness (QED) is 0.498. The van der Waals surface area contributed by atoms with Crippen LogP contribution >= 0.6 is 0 Å². The Morgan fingerprint density at radius 2 is 1.78 bits per heavy atom. The number of carbonyl (C=O) groups is 2. The van der Waals surface area contributed by atoms with Gasteiger partial charge in [0.25, 0.3) is 15.9 Å². The van der Waals surface area contributed by atoms with Crippen molar-refractivity contribution < 1.29 is 35.9 Å². The molecule has 170 valence electrons. The molecule has 0 saturated heterocycles. The monoisotopic (exact) mass is 468 g/mol. The molecule has 1 amide bonds. The van der Waals surface area contributed by atoms with Gasteiger partial charge in [-0.1, -0.05) is 30.3 Å². The largest absolute Gasteiger partial charge is 0.452 e. The first-order valence-corrected chi connectivity index (χ1v) is 10.9. The zero-order valence-corrected chi connectivity index (χ0v) is 17.4. The minimum atomic E-state index is -4.56. The van der Waals surface area contributed by atoms with E-state index in [2.05, 4.69) is 4.74 Å². The van der Waals surface area contributed by atoms with Gasteiger partial charge in [0, 0.05) is 12.6 Å². The molecule has 0 radical (unpaired) electrons. The number of anilines is 1. The first kappa shape index (κ1) is 23.3. The van der Waals surface area contributed by atoms with Gasteiger partial charge in [0.15, 0.2) is 6.61 Å². The Labute approximate surface area is 182 Å². The predicted octanol–water partition coefficient (Wildman–Crippen LogP) is 2.67. The van der Waals surface area contributed by atoms with E-state index in [1.807, 2.05) is 12.1 Å². The van der Waals surface area contributed by atoms with Crippen molar-refractivity contribution in [2.24, 2.45) is 0 Å². The summed E-state index contributed by atoms with van der Waals surface area (Å²) in [5.74, 6) is -2.01. The normalized spacial score (nSPS) is 13.8. The lowest BCUT2D eigenvalue weighted by Crippen LogP contribution is -2.36. The molecule has 0 unspecified atom stereocenters. The van der Waals surface area contributed by atoms with E-state index in [9.17, 15) is 31.2 Å². The molecule has 7 nitrogen and oxygen atoms in total. The van der Waals surface area contributed by atoms with Crippen LogP contribution in [0.2, 0.25) is 0 Å². The minimum absolute atomic E-state index is 0.0928. The van der Waals surface area contributed by atoms with Crippen LogP contribution in [0.1, 0.15) is 11.1 Å². The van der Waals surface area contributed by atoms with E-state index in [0.29, 0.717) is 24.2 Å². The maximum absolute atomic E-state index is 13.0. The van der Waals surface area contributed by atoms with Gasteiger partial charge in [0.1, 0.15) is 6.54 Å². The van der Waals surface area contributed by atoms with Crippen molar-refractivity contribution in [1.29, 1.82) is 0 Å². The summed E-state index contributed by atoms with van der Waals surface area (Å²) in [4.78, 5) is 22.9. The fraction of sp³-hybridized carbons (Fsp3) is 0.238. The molecular formula is C21H19F3N2O5S. The number of carbonyl (C=O) groups excluding carboxylic acids is 2. The second-order valence-electron chi connectivity index (χ2n) is 6.86. The lowest BCUT2D eigenvalue weighted by atomic mass is 10.2. The lowest BCUT2D eigenvalue weighted by molar-refractivity contribution is -0.148. The Balaban J connectivity index is 1.57.